The van der Waals surface area contributed by atoms with E-state index in [-0.39, 0.29) is 5.91 Å². The number of anilines is 1. The van der Waals surface area contributed by atoms with Crippen LogP contribution in [0.4, 0.5) is 5.69 Å². The van der Waals surface area contributed by atoms with E-state index in [0.717, 1.165) is 49.4 Å². The standard InChI is InChI=1S/C26H36N4O3S/c1-20-18-21(2)25(22(3)19-20)34(32,33)30-12-7-10-24(30)26(31)27-11-13-28-14-16-29(17-15-28)23-8-5-4-6-9-23/h4-6,8-9,18-19,24H,7,10-17H2,1-3H3,(H,27,31). The first-order chi connectivity index (χ1) is 16.3. The Balaban J connectivity index is 1.31. The van der Waals surface area contributed by atoms with Crippen LogP contribution in [0.15, 0.2) is 47.4 Å². The summed E-state index contributed by atoms with van der Waals surface area (Å²) in [7, 11) is -3.73. The molecule has 7 nitrogen and oxygen atoms in total. The smallest absolute Gasteiger partial charge is 0.244 e. The fraction of sp³-hybridized carbons (Fsp3) is 0.500. The maximum atomic E-state index is 13.5. The zero-order chi connectivity index (χ0) is 24.3. The molecule has 2 aromatic carbocycles. The number of benzene rings is 2. The van der Waals surface area contributed by atoms with Crippen molar-refractivity contribution in [3.63, 3.8) is 0 Å². The SMILES string of the molecule is Cc1cc(C)c(S(=O)(=O)N2CCCC2C(=O)NCCN2CCN(c3ccccc3)CC2)c(C)c1. The lowest BCUT2D eigenvalue weighted by Gasteiger charge is -2.36. The molecule has 0 bridgehead atoms. The Kier molecular flexibility index (Phi) is 7.60. The lowest BCUT2D eigenvalue weighted by Crippen LogP contribution is -2.50. The normalized spacial score (nSPS) is 20.0. The molecule has 8 heteroatoms. The summed E-state index contributed by atoms with van der Waals surface area (Å²) in [5.41, 5.74) is 3.75. The van der Waals surface area contributed by atoms with Crippen molar-refractivity contribution in [3.8, 4) is 0 Å². The highest BCUT2D eigenvalue weighted by Crippen LogP contribution is 2.30. The molecule has 2 fully saturated rings. The minimum atomic E-state index is -3.73. The van der Waals surface area contributed by atoms with Crippen molar-refractivity contribution >= 4 is 21.6 Å². The van der Waals surface area contributed by atoms with E-state index >= 15 is 0 Å². The molecule has 0 radical (unpaired) electrons. The number of hydrogen-bond donors (Lipinski definition) is 1. The summed E-state index contributed by atoms with van der Waals surface area (Å²) in [6.45, 7) is 11.1. The molecule has 1 N–H and O–H groups in total. The van der Waals surface area contributed by atoms with Gasteiger partial charge in [0.2, 0.25) is 15.9 Å². The van der Waals surface area contributed by atoms with Gasteiger partial charge in [0.15, 0.2) is 0 Å². The third kappa shape index (κ3) is 5.29. The Labute approximate surface area is 203 Å². The summed E-state index contributed by atoms with van der Waals surface area (Å²) in [6.07, 6.45) is 1.26. The highest BCUT2D eigenvalue weighted by Gasteiger charge is 2.40. The van der Waals surface area contributed by atoms with Gasteiger partial charge < -0.3 is 10.2 Å². The van der Waals surface area contributed by atoms with E-state index in [4.69, 9.17) is 0 Å². The Morgan fingerprint density at radius 3 is 2.26 bits per heavy atom. The molecule has 0 aliphatic carbocycles. The zero-order valence-corrected chi connectivity index (χ0v) is 21.3. The summed E-state index contributed by atoms with van der Waals surface area (Å²) >= 11 is 0. The van der Waals surface area contributed by atoms with Crippen LogP contribution in [0.5, 0.6) is 0 Å². The van der Waals surface area contributed by atoms with E-state index in [2.05, 4.69) is 39.4 Å². The van der Waals surface area contributed by atoms with Crippen molar-refractivity contribution < 1.29 is 13.2 Å². The van der Waals surface area contributed by atoms with Crippen molar-refractivity contribution in [1.29, 1.82) is 0 Å². The van der Waals surface area contributed by atoms with Crippen LogP contribution in [0.3, 0.4) is 0 Å². The van der Waals surface area contributed by atoms with Gasteiger partial charge >= 0.3 is 0 Å². The van der Waals surface area contributed by atoms with E-state index in [1.807, 2.05) is 39.0 Å². The van der Waals surface area contributed by atoms with Crippen molar-refractivity contribution in [3.05, 3.63) is 59.2 Å². The van der Waals surface area contributed by atoms with Crippen molar-refractivity contribution in [1.82, 2.24) is 14.5 Å². The number of rotatable bonds is 7. The topological polar surface area (TPSA) is 73.0 Å². The van der Waals surface area contributed by atoms with Crippen LogP contribution in [-0.4, -0.2) is 75.4 Å². The Bertz CT molecular complexity index is 1090. The summed E-state index contributed by atoms with van der Waals surface area (Å²) in [5, 5.41) is 3.01. The maximum absolute atomic E-state index is 13.5. The lowest BCUT2D eigenvalue weighted by atomic mass is 10.1. The molecule has 184 valence electrons. The molecule has 0 saturated carbocycles. The average molecular weight is 485 g/mol. The van der Waals surface area contributed by atoms with Crippen LogP contribution < -0.4 is 10.2 Å². The molecular weight excluding hydrogens is 448 g/mol. The largest absolute Gasteiger partial charge is 0.369 e. The molecule has 2 aliphatic rings. The van der Waals surface area contributed by atoms with E-state index in [0.29, 0.717) is 30.8 Å². The molecule has 2 heterocycles. The van der Waals surface area contributed by atoms with E-state index in [9.17, 15) is 13.2 Å². The van der Waals surface area contributed by atoms with Crippen molar-refractivity contribution in [2.45, 2.75) is 44.6 Å². The van der Waals surface area contributed by atoms with Crippen LogP contribution in [0, 0.1) is 20.8 Å². The Hall–Kier alpha value is -2.42. The van der Waals surface area contributed by atoms with Gasteiger partial charge in [-0.15, -0.1) is 0 Å². The number of piperazine rings is 1. The molecule has 4 rings (SSSR count). The summed E-state index contributed by atoms with van der Waals surface area (Å²) in [4.78, 5) is 18.1. The lowest BCUT2D eigenvalue weighted by molar-refractivity contribution is -0.124. The summed E-state index contributed by atoms with van der Waals surface area (Å²) in [5.74, 6) is -0.189. The quantitative estimate of drug-likeness (QED) is 0.654. The molecule has 0 aromatic heterocycles. The average Bonchev–Trinajstić information content (AvgIpc) is 3.30. The minimum Gasteiger partial charge on any atom is -0.369 e. The second-order valence-electron chi connectivity index (χ2n) is 9.46. The number of para-hydroxylation sites is 1. The maximum Gasteiger partial charge on any atom is 0.244 e. The van der Waals surface area contributed by atoms with Crippen molar-refractivity contribution in [2.24, 2.45) is 0 Å². The predicted molar refractivity (Wildman–Crippen MR) is 136 cm³/mol. The number of sulfonamides is 1. The van der Waals surface area contributed by atoms with Crippen LogP contribution >= 0.6 is 0 Å². The minimum absolute atomic E-state index is 0.189. The Morgan fingerprint density at radius 2 is 1.62 bits per heavy atom. The van der Waals surface area contributed by atoms with E-state index < -0.39 is 16.1 Å². The first-order valence-corrected chi connectivity index (χ1v) is 13.6. The molecule has 1 unspecified atom stereocenters. The fourth-order valence-electron chi connectivity index (χ4n) is 5.30. The van der Waals surface area contributed by atoms with Gasteiger partial charge in [0.1, 0.15) is 6.04 Å². The second-order valence-corrected chi connectivity index (χ2v) is 11.3. The molecule has 34 heavy (non-hydrogen) atoms. The highest BCUT2D eigenvalue weighted by molar-refractivity contribution is 7.89. The zero-order valence-electron chi connectivity index (χ0n) is 20.5. The van der Waals surface area contributed by atoms with Crippen LogP contribution in [-0.2, 0) is 14.8 Å². The third-order valence-corrected chi connectivity index (χ3v) is 9.11. The van der Waals surface area contributed by atoms with Crippen molar-refractivity contribution in [2.75, 3.05) is 50.7 Å². The van der Waals surface area contributed by atoms with E-state index in [1.54, 1.807) is 0 Å². The Morgan fingerprint density at radius 1 is 0.971 bits per heavy atom. The number of aryl methyl sites for hydroxylation is 3. The van der Waals surface area contributed by atoms with Gasteiger partial charge in [0.05, 0.1) is 4.90 Å². The second kappa shape index (κ2) is 10.5. The fourth-order valence-corrected chi connectivity index (χ4v) is 7.38. The number of nitrogens with one attached hydrogen (secondary N) is 1. The predicted octanol–water partition coefficient (Wildman–Crippen LogP) is 2.70. The van der Waals surface area contributed by atoms with Crippen LogP contribution in [0.1, 0.15) is 29.5 Å². The van der Waals surface area contributed by atoms with E-state index in [1.165, 1.54) is 9.99 Å². The number of carbonyl (C=O) groups is 1. The number of carbonyl (C=O) groups excluding carboxylic acids is 1. The van der Waals surface area contributed by atoms with Crippen LogP contribution in [0.25, 0.3) is 0 Å². The van der Waals surface area contributed by atoms with Gasteiger partial charge in [0.25, 0.3) is 0 Å². The molecule has 1 amide bonds. The highest BCUT2D eigenvalue weighted by atomic mass is 32.2. The molecule has 2 saturated heterocycles. The number of nitrogens with zero attached hydrogens (tertiary/aromatic N) is 3. The van der Waals surface area contributed by atoms with Gasteiger partial charge in [-0.3, -0.25) is 9.69 Å². The molecule has 2 aromatic rings. The van der Waals surface area contributed by atoms with Gasteiger partial charge in [-0.2, -0.15) is 4.31 Å². The summed E-state index contributed by atoms with van der Waals surface area (Å²) in [6, 6.07) is 13.6. The van der Waals surface area contributed by atoms with Gasteiger partial charge in [0, 0.05) is 51.5 Å². The summed E-state index contributed by atoms with van der Waals surface area (Å²) < 4.78 is 28.4. The molecule has 0 spiro atoms. The molecular formula is C26H36N4O3S. The number of amides is 1. The van der Waals surface area contributed by atoms with Gasteiger partial charge in [-0.05, 0) is 56.9 Å². The van der Waals surface area contributed by atoms with Gasteiger partial charge in [-0.25, -0.2) is 8.42 Å². The van der Waals surface area contributed by atoms with Crippen LogP contribution in [0.2, 0.25) is 0 Å². The third-order valence-electron chi connectivity index (χ3n) is 6.90. The first kappa shape index (κ1) is 24.7. The number of hydrogen-bond acceptors (Lipinski definition) is 5. The molecule has 2 aliphatic heterocycles. The first-order valence-electron chi connectivity index (χ1n) is 12.2. The monoisotopic (exact) mass is 484 g/mol. The van der Waals surface area contributed by atoms with Gasteiger partial charge in [-0.1, -0.05) is 35.9 Å². The molecule has 1 atom stereocenters.